The van der Waals surface area contributed by atoms with Crippen LogP contribution in [0.4, 0.5) is 0 Å². The van der Waals surface area contributed by atoms with Gasteiger partial charge in [-0.25, -0.2) is 4.79 Å². The third kappa shape index (κ3) is 3.26. The maximum Gasteiger partial charge on any atom is 0.341 e. The van der Waals surface area contributed by atoms with E-state index in [1.54, 1.807) is 0 Å². The lowest BCUT2D eigenvalue weighted by Crippen LogP contribution is -2.07. The van der Waals surface area contributed by atoms with Gasteiger partial charge in [-0.05, 0) is 29.3 Å². The van der Waals surface area contributed by atoms with Crippen molar-refractivity contribution < 1.29 is 14.3 Å². The summed E-state index contributed by atoms with van der Waals surface area (Å²) in [5, 5.41) is 2.91. The lowest BCUT2D eigenvalue weighted by atomic mass is 10.1. The van der Waals surface area contributed by atoms with E-state index in [0.29, 0.717) is 17.9 Å². The van der Waals surface area contributed by atoms with Crippen LogP contribution >= 0.6 is 15.9 Å². The van der Waals surface area contributed by atoms with Crippen LogP contribution in [0.3, 0.4) is 0 Å². The molecule has 0 atom stereocenters. The lowest BCUT2D eigenvalue weighted by Gasteiger charge is -2.11. The van der Waals surface area contributed by atoms with Crippen molar-refractivity contribution in [1.29, 1.82) is 0 Å². The summed E-state index contributed by atoms with van der Waals surface area (Å²) in [5.74, 6) is 0.200. The van der Waals surface area contributed by atoms with Crippen molar-refractivity contribution in [2.24, 2.45) is 0 Å². The van der Waals surface area contributed by atoms with Crippen molar-refractivity contribution in [3.63, 3.8) is 0 Å². The molecule has 0 unspecified atom stereocenters. The van der Waals surface area contributed by atoms with Gasteiger partial charge in [-0.1, -0.05) is 40.2 Å². The number of fused-ring (bicyclic) bond motifs is 1. The molecule has 2 aromatic carbocycles. The molecule has 2 rings (SSSR count). The number of alkyl halides is 1. The molecular weight excluding hydrogens is 308 g/mol. The fourth-order valence-corrected chi connectivity index (χ4v) is 2.07. The number of hydrogen-bond acceptors (Lipinski definition) is 3. The lowest BCUT2D eigenvalue weighted by molar-refractivity contribution is 0.0596. The van der Waals surface area contributed by atoms with Gasteiger partial charge in [-0.2, -0.15) is 0 Å². The molecule has 0 spiro atoms. The summed E-state index contributed by atoms with van der Waals surface area (Å²) < 4.78 is 10.5. The first-order valence-corrected chi connectivity index (χ1v) is 7.18. The van der Waals surface area contributed by atoms with Crippen LogP contribution in [0.15, 0.2) is 36.4 Å². The number of rotatable bonds is 5. The molecule has 0 heterocycles. The Morgan fingerprint density at radius 1 is 1.21 bits per heavy atom. The molecule has 2 aromatic rings. The molecule has 0 amide bonds. The monoisotopic (exact) mass is 322 g/mol. The van der Waals surface area contributed by atoms with Crippen LogP contribution < -0.4 is 4.74 Å². The summed E-state index contributed by atoms with van der Waals surface area (Å²) in [6.07, 6.45) is 0.882. The molecule has 0 fully saturated rings. The highest BCUT2D eigenvalue weighted by Gasteiger charge is 2.14. The van der Waals surface area contributed by atoms with Gasteiger partial charge in [0.2, 0.25) is 0 Å². The van der Waals surface area contributed by atoms with Gasteiger partial charge in [0.1, 0.15) is 11.3 Å². The molecule has 0 bridgehead atoms. The molecule has 0 saturated heterocycles. The minimum Gasteiger partial charge on any atom is -0.493 e. The van der Waals surface area contributed by atoms with Crippen LogP contribution in [0.2, 0.25) is 0 Å². The number of carbonyl (C=O) groups is 1. The van der Waals surface area contributed by atoms with Crippen LogP contribution in [0.5, 0.6) is 5.75 Å². The third-order valence-corrected chi connectivity index (χ3v) is 3.35. The average molecular weight is 323 g/mol. The van der Waals surface area contributed by atoms with Gasteiger partial charge >= 0.3 is 5.97 Å². The van der Waals surface area contributed by atoms with Crippen LogP contribution in [0, 0.1) is 0 Å². The molecule has 0 aliphatic rings. The van der Waals surface area contributed by atoms with Crippen LogP contribution in [0.25, 0.3) is 10.8 Å². The number of esters is 1. The van der Waals surface area contributed by atoms with Gasteiger partial charge < -0.3 is 9.47 Å². The SMILES string of the molecule is COC(=O)c1cc2ccccc2cc1OCCCBr. The van der Waals surface area contributed by atoms with Crippen molar-refractivity contribution >= 4 is 32.7 Å². The van der Waals surface area contributed by atoms with E-state index < -0.39 is 0 Å². The van der Waals surface area contributed by atoms with Crippen molar-refractivity contribution in [2.75, 3.05) is 19.0 Å². The molecule has 100 valence electrons. The Morgan fingerprint density at radius 3 is 2.53 bits per heavy atom. The Labute approximate surface area is 120 Å². The minimum atomic E-state index is -0.375. The Hall–Kier alpha value is -1.55. The van der Waals surface area contributed by atoms with Gasteiger partial charge in [0.05, 0.1) is 13.7 Å². The number of halogens is 1. The molecule has 0 aliphatic heterocycles. The maximum atomic E-state index is 11.8. The van der Waals surface area contributed by atoms with Crippen molar-refractivity contribution in [2.45, 2.75) is 6.42 Å². The standard InChI is InChI=1S/C15H15BrO3/c1-18-15(17)13-9-11-5-2-3-6-12(11)10-14(13)19-8-4-7-16/h2-3,5-6,9-10H,4,7-8H2,1H3. The molecule has 4 heteroatoms. The Morgan fingerprint density at radius 2 is 1.89 bits per heavy atom. The Kier molecular flexibility index (Phi) is 4.80. The van der Waals surface area contributed by atoms with Crippen LogP contribution in [-0.2, 0) is 4.74 Å². The summed E-state index contributed by atoms with van der Waals surface area (Å²) in [6.45, 7) is 0.563. The second-order valence-electron chi connectivity index (χ2n) is 4.08. The molecule has 0 N–H and O–H groups in total. The fourth-order valence-electron chi connectivity index (χ4n) is 1.84. The summed E-state index contributed by atoms with van der Waals surface area (Å²) in [6, 6.07) is 11.6. The van der Waals surface area contributed by atoms with E-state index in [1.807, 2.05) is 36.4 Å². The zero-order valence-corrected chi connectivity index (χ0v) is 12.3. The van der Waals surface area contributed by atoms with E-state index in [1.165, 1.54) is 7.11 Å². The highest BCUT2D eigenvalue weighted by molar-refractivity contribution is 9.09. The van der Waals surface area contributed by atoms with E-state index >= 15 is 0 Å². The summed E-state index contributed by atoms with van der Waals surface area (Å²) in [4.78, 5) is 11.8. The summed E-state index contributed by atoms with van der Waals surface area (Å²) in [7, 11) is 1.37. The van der Waals surface area contributed by atoms with E-state index in [-0.39, 0.29) is 5.97 Å². The number of carbonyl (C=O) groups excluding carboxylic acids is 1. The number of ether oxygens (including phenoxy) is 2. The smallest absolute Gasteiger partial charge is 0.341 e. The molecule has 0 aliphatic carbocycles. The van der Waals surface area contributed by atoms with E-state index in [2.05, 4.69) is 15.9 Å². The second kappa shape index (κ2) is 6.57. The maximum absolute atomic E-state index is 11.8. The molecule has 19 heavy (non-hydrogen) atoms. The zero-order chi connectivity index (χ0) is 13.7. The molecular formula is C15H15BrO3. The number of hydrogen-bond donors (Lipinski definition) is 0. The van der Waals surface area contributed by atoms with Crippen LogP contribution in [0.1, 0.15) is 16.8 Å². The van der Waals surface area contributed by atoms with Crippen LogP contribution in [-0.4, -0.2) is 25.0 Å². The minimum absolute atomic E-state index is 0.375. The quantitative estimate of drug-likeness (QED) is 0.477. The normalized spacial score (nSPS) is 10.4. The molecule has 0 saturated carbocycles. The van der Waals surface area contributed by atoms with Gasteiger partial charge in [-0.3, -0.25) is 0 Å². The first-order chi connectivity index (χ1) is 9.26. The number of methoxy groups -OCH3 is 1. The van der Waals surface area contributed by atoms with E-state index in [9.17, 15) is 4.79 Å². The van der Waals surface area contributed by atoms with Gasteiger partial charge in [0.25, 0.3) is 0 Å². The second-order valence-corrected chi connectivity index (χ2v) is 4.87. The highest BCUT2D eigenvalue weighted by Crippen LogP contribution is 2.27. The molecule has 0 aromatic heterocycles. The van der Waals surface area contributed by atoms with E-state index in [0.717, 1.165) is 22.5 Å². The van der Waals surface area contributed by atoms with Gasteiger partial charge in [0, 0.05) is 5.33 Å². The average Bonchev–Trinajstić information content (AvgIpc) is 2.46. The topological polar surface area (TPSA) is 35.5 Å². The first-order valence-electron chi connectivity index (χ1n) is 6.06. The van der Waals surface area contributed by atoms with Crippen molar-refractivity contribution in [1.82, 2.24) is 0 Å². The largest absolute Gasteiger partial charge is 0.493 e. The van der Waals surface area contributed by atoms with Gasteiger partial charge in [-0.15, -0.1) is 0 Å². The molecule has 3 nitrogen and oxygen atoms in total. The predicted molar refractivity (Wildman–Crippen MR) is 79.2 cm³/mol. The van der Waals surface area contributed by atoms with E-state index in [4.69, 9.17) is 9.47 Å². The fraction of sp³-hybridized carbons (Fsp3) is 0.267. The van der Waals surface area contributed by atoms with Gasteiger partial charge in [0.15, 0.2) is 0 Å². The Balaban J connectivity index is 2.41. The van der Waals surface area contributed by atoms with Crippen molar-refractivity contribution in [3.05, 3.63) is 42.0 Å². The molecule has 0 radical (unpaired) electrons. The Bertz CT molecular complexity index is 581. The number of benzene rings is 2. The third-order valence-electron chi connectivity index (χ3n) is 2.79. The zero-order valence-electron chi connectivity index (χ0n) is 10.7. The summed E-state index contributed by atoms with van der Waals surface area (Å²) in [5.41, 5.74) is 0.468. The van der Waals surface area contributed by atoms with Crippen molar-refractivity contribution in [3.8, 4) is 5.75 Å². The highest BCUT2D eigenvalue weighted by atomic mass is 79.9. The summed E-state index contributed by atoms with van der Waals surface area (Å²) >= 11 is 3.35. The first kappa shape index (κ1) is 13.9. The predicted octanol–water partition coefficient (Wildman–Crippen LogP) is 3.79.